The lowest BCUT2D eigenvalue weighted by Crippen LogP contribution is -2.20. The van der Waals surface area contributed by atoms with E-state index in [4.69, 9.17) is 11.6 Å². The van der Waals surface area contributed by atoms with Crippen molar-refractivity contribution in [2.24, 2.45) is 10.2 Å². The molecular weight excluding hydrogens is 376 g/mol. The smallest absolute Gasteiger partial charge is 0.286 e. The fraction of sp³-hybridized carbons (Fsp3) is 0.143. The van der Waals surface area contributed by atoms with E-state index in [1.807, 2.05) is 26.0 Å². The van der Waals surface area contributed by atoms with Gasteiger partial charge in [0.2, 0.25) is 5.88 Å². The second-order valence-corrected chi connectivity index (χ2v) is 6.80. The van der Waals surface area contributed by atoms with E-state index in [-0.39, 0.29) is 16.8 Å². The molecule has 0 saturated heterocycles. The van der Waals surface area contributed by atoms with Crippen LogP contribution in [0, 0.1) is 32.1 Å². The minimum absolute atomic E-state index is 0.0208. The lowest BCUT2D eigenvalue weighted by atomic mass is 10.1. The number of nitriles is 1. The van der Waals surface area contributed by atoms with Gasteiger partial charge in [-0.15, -0.1) is 5.11 Å². The Morgan fingerprint density at radius 1 is 1.11 bits per heavy atom. The topological polar surface area (TPSA) is 90.7 Å². The van der Waals surface area contributed by atoms with Crippen LogP contribution in [0.4, 0.5) is 11.4 Å². The zero-order valence-electron chi connectivity index (χ0n) is 15.6. The van der Waals surface area contributed by atoms with Gasteiger partial charge in [-0.3, -0.25) is 4.79 Å². The number of aryl methyl sites for hydroxylation is 2. The van der Waals surface area contributed by atoms with Crippen molar-refractivity contribution in [2.75, 3.05) is 0 Å². The van der Waals surface area contributed by atoms with E-state index < -0.39 is 11.4 Å². The van der Waals surface area contributed by atoms with Crippen LogP contribution in [0.25, 0.3) is 5.69 Å². The van der Waals surface area contributed by atoms with E-state index >= 15 is 0 Å². The third-order valence-corrected chi connectivity index (χ3v) is 4.77. The van der Waals surface area contributed by atoms with Crippen LogP contribution < -0.4 is 5.56 Å². The summed E-state index contributed by atoms with van der Waals surface area (Å²) in [5, 5.41) is 28.7. The van der Waals surface area contributed by atoms with Gasteiger partial charge in [0.25, 0.3) is 5.56 Å². The SMILES string of the molecule is Cc1cccc(-n2c(O)c(C#N)c(C)c(N=Nc3ccc(C)c(Cl)c3)c2=O)c1. The first-order valence-electron chi connectivity index (χ1n) is 8.47. The minimum atomic E-state index is -0.568. The fourth-order valence-electron chi connectivity index (χ4n) is 2.77. The molecule has 6 nitrogen and oxygen atoms in total. The van der Waals surface area contributed by atoms with Crippen LogP contribution in [0.5, 0.6) is 5.88 Å². The van der Waals surface area contributed by atoms with Crippen molar-refractivity contribution in [3.8, 4) is 17.6 Å². The Morgan fingerprint density at radius 3 is 2.50 bits per heavy atom. The highest BCUT2D eigenvalue weighted by Crippen LogP contribution is 2.30. The molecule has 0 fully saturated rings. The number of benzene rings is 2. The second-order valence-electron chi connectivity index (χ2n) is 6.40. The van der Waals surface area contributed by atoms with Crippen molar-refractivity contribution < 1.29 is 5.11 Å². The molecule has 0 amide bonds. The van der Waals surface area contributed by atoms with E-state index in [9.17, 15) is 15.2 Å². The van der Waals surface area contributed by atoms with E-state index in [0.29, 0.717) is 16.4 Å². The molecule has 140 valence electrons. The average molecular weight is 393 g/mol. The number of azo groups is 1. The summed E-state index contributed by atoms with van der Waals surface area (Å²) in [6.07, 6.45) is 0. The van der Waals surface area contributed by atoms with Crippen LogP contribution in [-0.2, 0) is 0 Å². The number of pyridine rings is 1. The first-order valence-corrected chi connectivity index (χ1v) is 8.85. The molecule has 0 atom stereocenters. The van der Waals surface area contributed by atoms with Gasteiger partial charge in [-0.25, -0.2) is 4.57 Å². The predicted molar refractivity (Wildman–Crippen MR) is 108 cm³/mol. The highest BCUT2D eigenvalue weighted by molar-refractivity contribution is 6.31. The normalized spacial score (nSPS) is 11.0. The molecule has 0 saturated carbocycles. The van der Waals surface area contributed by atoms with Gasteiger partial charge in [0.05, 0.1) is 11.4 Å². The Bertz CT molecular complexity index is 1210. The third kappa shape index (κ3) is 3.53. The Morgan fingerprint density at radius 2 is 1.86 bits per heavy atom. The maximum atomic E-state index is 13.0. The van der Waals surface area contributed by atoms with Gasteiger partial charge in [0.1, 0.15) is 11.6 Å². The summed E-state index contributed by atoms with van der Waals surface area (Å²) < 4.78 is 1.06. The molecule has 0 unspecified atom stereocenters. The lowest BCUT2D eigenvalue weighted by molar-refractivity contribution is 0.433. The third-order valence-electron chi connectivity index (χ3n) is 4.36. The minimum Gasteiger partial charge on any atom is -0.493 e. The van der Waals surface area contributed by atoms with Gasteiger partial charge < -0.3 is 5.11 Å². The quantitative estimate of drug-likeness (QED) is 0.604. The standard InChI is InChI=1S/C21H17ClN4O2/c1-12-5-4-6-16(9-12)26-20(27)17(11-23)14(3)19(21(26)28)25-24-15-8-7-13(2)18(22)10-15/h4-10,27H,1-3H3. The second kappa shape index (κ2) is 7.67. The van der Waals surface area contributed by atoms with E-state index in [1.54, 1.807) is 43.3 Å². The van der Waals surface area contributed by atoms with Gasteiger partial charge in [0, 0.05) is 10.6 Å². The van der Waals surface area contributed by atoms with E-state index in [2.05, 4.69) is 10.2 Å². The summed E-state index contributed by atoms with van der Waals surface area (Å²) in [6, 6.07) is 14.1. The Kier molecular flexibility index (Phi) is 5.30. The summed E-state index contributed by atoms with van der Waals surface area (Å²) in [6.45, 7) is 5.29. The number of aromatic hydroxyl groups is 1. The monoisotopic (exact) mass is 392 g/mol. The first kappa shape index (κ1) is 19.3. The maximum Gasteiger partial charge on any atom is 0.286 e. The molecule has 3 aromatic rings. The van der Waals surface area contributed by atoms with Crippen LogP contribution in [0.1, 0.15) is 22.3 Å². The molecule has 2 aromatic carbocycles. The van der Waals surface area contributed by atoms with Crippen molar-refractivity contribution in [3.05, 3.63) is 80.1 Å². The molecule has 1 N–H and O–H groups in total. The summed E-state index contributed by atoms with van der Waals surface area (Å²) in [4.78, 5) is 13.0. The van der Waals surface area contributed by atoms with Crippen LogP contribution in [0.2, 0.25) is 5.02 Å². The molecule has 1 aromatic heterocycles. The van der Waals surface area contributed by atoms with Crippen LogP contribution in [0.3, 0.4) is 0 Å². The van der Waals surface area contributed by atoms with E-state index in [0.717, 1.165) is 15.7 Å². The average Bonchev–Trinajstić information content (AvgIpc) is 2.65. The van der Waals surface area contributed by atoms with Gasteiger partial charge in [-0.2, -0.15) is 10.4 Å². The maximum absolute atomic E-state index is 13.0. The Balaban J connectivity index is 2.23. The van der Waals surface area contributed by atoms with Crippen molar-refractivity contribution >= 4 is 23.0 Å². The Labute approximate surface area is 167 Å². The highest BCUT2D eigenvalue weighted by atomic mass is 35.5. The van der Waals surface area contributed by atoms with Crippen molar-refractivity contribution in [1.29, 1.82) is 5.26 Å². The molecule has 1 heterocycles. The zero-order chi connectivity index (χ0) is 20.4. The Hall–Kier alpha value is -3.43. The molecule has 0 aliphatic rings. The fourth-order valence-corrected chi connectivity index (χ4v) is 2.95. The van der Waals surface area contributed by atoms with Crippen molar-refractivity contribution in [3.63, 3.8) is 0 Å². The zero-order valence-corrected chi connectivity index (χ0v) is 16.3. The van der Waals surface area contributed by atoms with Crippen LogP contribution in [0.15, 0.2) is 57.5 Å². The van der Waals surface area contributed by atoms with Gasteiger partial charge in [0.15, 0.2) is 5.69 Å². The number of rotatable bonds is 3. The number of aromatic nitrogens is 1. The molecule has 28 heavy (non-hydrogen) atoms. The van der Waals surface area contributed by atoms with Gasteiger partial charge in [-0.05, 0) is 56.2 Å². The predicted octanol–water partition coefficient (Wildman–Crippen LogP) is 5.41. The molecule has 0 aliphatic carbocycles. The van der Waals surface area contributed by atoms with Gasteiger partial charge in [-0.1, -0.05) is 29.8 Å². The van der Waals surface area contributed by atoms with Crippen molar-refractivity contribution in [2.45, 2.75) is 20.8 Å². The van der Waals surface area contributed by atoms with Gasteiger partial charge >= 0.3 is 0 Å². The largest absolute Gasteiger partial charge is 0.493 e. The number of nitrogens with zero attached hydrogens (tertiary/aromatic N) is 4. The molecule has 0 bridgehead atoms. The van der Waals surface area contributed by atoms with Crippen LogP contribution >= 0.6 is 11.6 Å². The molecule has 0 aliphatic heterocycles. The molecule has 0 radical (unpaired) electrons. The highest BCUT2D eigenvalue weighted by Gasteiger charge is 2.20. The van der Waals surface area contributed by atoms with Crippen molar-refractivity contribution in [1.82, 2.24) is 4.57 Å². The summed E-state index contributed by atoms with van der Waals surface area (Å²) in [5.41, 5.74) is 2.36. The number of hydrogen-bond donors (Lipinski definition) is 1. The molecule has 7 heteroatoms. The summed E-state index contributed by atoms with van der Waals surface area (Å²) in [7, 11) is 0. The lowest BCUT2D eigenvalue weighted by Gasteiger charge is -2.13. The van der Waals surface area contributed by atoms with E-state index in [1.165, 1.54) is 0 Å². The molecular formula is C21H17ClN4O2. The number of hydrogen-bond acceptors (Lipinski definition) is 5. The summed E-state index contributed by atoms with van der Waals surface area (Å²) >= 11 is 6.10. The summed E-state index contributed by atoms with van der Waals surface area (Å²) in [5.74, 6) is -0.423. The van der Waals surface area contributed by atoms with Crippen LogP contribution in [-0.4, -0.2) is 9.67 Å². The number of halogens is 1. The molecule has 3 rings (SSSR count). The molecule has 0 spiro atoms. The first-order chi connectivity index (χ1) is 13.3.